The SMILES string of the molecule is Cn1ncc(C(=O)O)c1C(=O)N1CCC(c2ccccc2)CC1. The lowest BCUT2D eigenvalue weighted by Gasteiger charge is -2.32. The number of carboxylic acids is 1. The van der Waals surface area contributed by atoms with Gasteiger partial charge in [-0.1, -0.05) is 30.3 Å². The van der Waals surface area contributed by atoms with Crippen molar-refractivity contribution in [1.29, 1.82) is 0 Å². The minimum atomic E-state index is -1.12. The average Bonchev–Trinajstić information content (AvgIpc) is 2.97. The average molecular weight is 313 g/mol. The fourth-order valence-corrected chi connectivity index (χ4v) is 3.14. The summed E-state index contributed by atoms with van der Waals surface area (Å²) in [7, 11) is 1.59. The molecule has 0 spiro atoms. The zero-order valence-electron chi connectivity index (χ0n) is 13.0. The predicted octanol–water partition coefficient (Wildman–Crippen LogP) is 2.14. The zero-order chi connectivity index (χ0) is 16.4. The van der Waals surface area contributed by atoms with Gasteiger partial charge in [0.05, 0.1) is 6.20 Å². The fourth-order valence-electron chi connectivity index (χ4n) is 3.14. The third-order valence-corrected chi connectivity index (χ3v) is 4.42. The van der Waals surface area contributed by atoms with Crippen LogP contribution in [-0.2, 0) is 7.05 Å². The second-order valence-corrected chi connectivity index (χ2v) is 5.81. The number of carboxylic acid groups (broad SMARTS) is 1. The van der Waals surface area contributed by atoms with Gasteiger partial charge in [0, 0.05) is 20.1 Å². The summed E-state index contributed by atoms with van der Waals surface area (Å²) in [6.07, 6.45) is 3.00. The molecule has 0 saturated carbocycles. The Morgan fingerprint density at radius 1 is 1.17 bits per heavy atom. The summed E-state index contributed by atoms with van der Waals surface area (Å²) >= 11 is 0. The molecule has 1 aromatic heterocycles. The molecule has 6 heteroatoms. The zero-order valence-corrected chi connectivity index (χ0v) is 13.0. The van der Waals surface area contributed by atoms with E-state index in [1.165, 1.54) is 16.4 Å². The first-order chi connectivity index (χ1) is 11.1. The van der Waals surface area contributed by atoms with Crippen molar-refractivity contribution in [2.75, 3.05) is 13.1 Å². The van der Waals surface area contributed by atoms with Gasteiger partial charge in [-0.3, -0.25) is 9.48 Å². The van der Waals surface area contributed by atoms with Crippen molar-refractivity contribution in [2.45, 2.75) is 18.8 Å². The van der Waals surface area contributed by atoms with Gasteiger partial charge >= 0.3 is 5.97 Å². The van der Waals surface area contributed by atoms with Crippen LogP contribution >= 0.6 is 0 Å². The smallest absolute Gasteiger partial charge is 0.339 e. The van der Waals surface area contributed by atoms with Crippen molar-refractivity contribution in [1.82, 2.24) is 14.7 Å². The number of carbonyl (C=O) groups excluding carboxylic acids is 1. The van der Waals surface area contributed by atoms with E-state index >= 15 is 0 Å². The van der Waals surface area contributed by atoms with Gasteiger partial charge in [-0.25, -0.2) is 4.79 Å². The molecular formula is C17H19N3O3. The maximum absolute atomic E-state index is 12.7. The Morgan fingerprint density at radius 3 is 2.43 bits per heavy atom. The van der Waals surface area contributed by atoms with Crippen LogP contribution in [0.5, 0.6) is 0 Å². The number of likely N-dealkylation sites (tertiary alicyclic amines) is 1. The Kier molecular flexibility index (Phi) is 4.14. The first-order valence-electron chi connectivity index (χ1n) is 7.67. The van der Waals surface area contributed by atoms with Crippen molar-refractivity contribution in [3.8, 4) is 0 Å². The van der Waals surface area contributed by atoms with Gasteiger partial charge in [-0.15, -0.1) is 0 Å². The molecule has 2 heterocycles. The summed E-state index contributed by atoms with van der Waals surface area (Å²) in [5.74, 6) is -0.930. The fraction of sp³-hybridized carbons (Fsp3) is 0.353. The number of aryl methyl sites for hydroxylation is 1. The molecule has 1 N–H and O–H groups in total. The number of aromatic nitrogens is 2. The van der Waals surface area contributed by atoms with Gasteiger partial charge in [-0.05, 0) is 24.3 Å². The minimum Gasteiger partial charge on any atom is -0.478 e. The van der Waals surface area contributed by atoms with Crippen LogP contribution in [0, 0.1) is 0 Å². The number of nitrogens with zero attached hydrogens (tertiary/aromatic N) is 3. The molecule has 23 heavy (non-hydrogen) atoms. The van der Waals surface area contributed by atoms with Crippen molar-refractivity contribution >= 4 is 11.9 Å². The Labute approximate surface area is 134 Å². The highest BCUT2D eigenvalue weighted by atomic mass is 16.4. The van der Waals surface area contributed by atoms with Gasteiger partial charge in [-0.2, -0.15) is 5.10 Å². The van der Waals surface area contributed by atoms with Crippen LogP contribution in [0.25, 0.3) is 0 Å². The highest BCUT2D eigenvalue weighted by molar-refractivity contribution is 6.03. The van der Waals surface area contributed by atoms with Crippen molar-refractivity contribution < 1.29 is 14.7 Å². The molecule has 0 radical (unpaired) electrons. The van der Waals surface area contributed by atoms with E-state index in [1.54, 1.807) is 11.9 Å². The Hall–Kier alpha value is -2.63. The maximum atomic E-state index is 12.7. The van der Waals surface area contributed by atoms with Gasteiger partial charge in [0.25, 0.3) is 5.91 Å². The van der Waals surface area contributed by atoms with Gasteiger partial charge in [0.15, 0.2) is 0 Å². The van der Waals surface area contributed by atoms with Crippen LogP contribution in [0.4, 0.5) is 0 Å². The van der Waals surface area contributed by atoms with E-state index in [0.29, 0.717) is 19.0 Å². The van der Waals surface area contributed by atoms with E-state index < -0.39 is 5.97 Å². The Morgan fingerprint density at radius 2 is 1.83 bits per heavy atom. The number of piperidine rings is 1. The van der Waals surface area contributed by atoms with E-state index in [2.05, 4.69) is 17.2 Å². The van der Waals surface area contributed by atoms with Crippen LogP contribution in [0.15, 0.2) is 36.5 Å². The standard InChI is InChI=1S/C17H19N3O3/c1-19-15(14(11-18-19)17(22)23)16(21)20-9-7-13(8-10-20)12-5-3-2-4-6-12/h2-6,11,13H,7-10H2,1H3,(H,22,23). The largest absolute Gasteiger partial charge is 0.478 e. The number of amides is 1. The summed E-state index contributed by atoms with van der Waals surface area (Å²) in [5.41, 5.74) is 1.41. The van der Waals surface area contributed by atoms with E-state index in [4.69, 9.17) is 0 Å². The quantitative estimate of drug-likeness (QED) is 0.942. The number of hydrogen-bond acceptors (Lipinski definition) is 3. The van der Waals surface area contributed by atoms with Crippen LogP contribution < -0.4 is 0 Å². The van der Waals surface area contributed by atoms with Crippen LogP contribution in [-0.4, -0.2) is 44.8 Å². The highest BCUT2D eigenvalue weighted by Crippen LogP contribution is 2.28. The predicted molar refractivity (Wildman–Crippen MR) is 84.5 cm³/mol. The molecule has 0 bridgehead atoms. The van der Waals surface area contributed by atoms with Crippen LogP contribution in [0.2, 0.25) is 0 Å². The molecular weight excluding hydrogens is 294 g/mol. The molecule has 0 atom stereocenters. The summed E-state index contributed by atoms with van der Waals surface area (Å²) in [4.78, 5) is 25.6. The monoisotopic (exact) mass is 313 g/mol. The second-order valence-electron chi connectivity index (χ2n) is 5.81. The molecule has 1 fully saturated rings. The maximum Gasteiger partial charge on any atom is 0.339 e. The lowest BCUT2D eigenvalue weighted by molar-refractivity contribution is 0.0656. The number of hydrogen-bond donors (Lipinski definition) is 1. The lowest BCUT2D eigenvalue weighted by atomic mass is 9.89. The molecule has 0 aliphatic carbocycles. The number of rotatable bonds is 3. The van der Waals surface area contributed by atoms with Gasteiger partial charge < -0.3 is 10.0 Å². The topological polar surface area (TPSA) is 75.4 Å². The van der Waals surface area contributed by atoms with Crippen LogP contribution in [0.1, 0.15) is 45.2 Å². The van der Waals surface area contributed by atoms with E-state index in [0.717, 1.165) is 12.8 Å². The normalized spacial score (nSPS) is 15.6. The lowest BCUT2D eigenvalue weighted by Crippen LogP contribution is -2.39. The second kappa shape index (κ2) is 6.24. The Bertz CT molecular complexity index is 716. The molecule has 0 unspecified atom stereocenters. The van der Waals surface area contributed by atoms with Gasteiger partial charge in [0.2, 0.25) is 0 Å². The van der Waals surface area contributed by atoms with Crippen LogP contribution in [0.3, 0.4) is 0 Å². The molecule has 2 aromatic rings. The molecule has 1 aliphatic rings. The van der Waals surface area contributed by atoms with Crippen molar-refractivity contribution in [3.05, 3.63) is 53.3 Å². The van der Waals surface area contributed by atoms with E-state index in [1.807, 2.05) is 18.2 Å². The number of aromatic carboxylic acids is 1. The Balaban J connectivity index is 1.72. The van der Waals surface area contributed by atoms with E-state index in [-0.39, 0.29) is 17.2 Å². The summed E-state index contributed by atoms with van der Waals surface area (Å²) in [6.45, 7) is 1.26. The third-order valence-electron chi connectivity index (χ3n) is 4.42. The van der Waals surface area contributed by atoms with Gasteiger partial charge in [0.1, 0.15) is 11.3 Å². The minimum absolute atomic E-state index is 0.0392. The number of benzene rings is 1. The van der Waals surface area contributed by atoms with Crippen molar-refractivity contribution in [3.63, 3.8) is 0 Å². The molecule has 3 rings (SSSR count). The highest BCUT2D eigenvalue weighted by Gasteiger charge is 2.29. The molecule has 6 nitrogen and oxygen atoms in total. The number of carbonyl (C=O) groups is 2. The summed E-state index contributed by atoms with van der Waals surface area (Å²) < 4.78 is 1.34. The summed E-state index contributed by atoms with van der Waals surface area (Å²) in [6, 6.07) is 10.3. The molecule has 1 aliphatic heterocycles. The molecule has 1 saturated heterocycles. The third kappa shape index (κ3) is 2.97. The molecule has 1 amide bonds. The molecule has 1 aromatic carbocycles. The van der Waals surface area contributed by atoms with Crippen molar-refractivity contribution in [2.24, 2.45) is 7.05 Å². The first-order valence-corrected chi connectivity index (χ1v) is 7.67. The first kappa shape index (κ1) is 15.3. The van der Waals surface area contributed by atoms with E-state index in [9.17, 15) is 14.7 Å². The summed E-state index contributed by atoms with van der Waals surface area (Å²) in [5, 5.41) is 13.1. The molecule has 120 valence electrons.